The smallest absolute Gasteiger partial charge is 0.255 e. The van der Waals surface area contributed by atoms with E-state index in [9.17, 15) is 0 Å². The maximum absolute atomic E-state index is 6.12. The third kappa shape index (κ3) is 2.27. The molecule has 0 aliphatic rings. The molecular formula is C12H18ClN5. The summed E-state index contributed by atoms with van der Waals surface area (Å²) < 4.78 is 1.70. The maximum Gasteiger partial charge on any atom is 0.255 e. The van der Waals surface area contributed by atoms with Crippen LogP contribution in [0.1, 0.15) is 32.8 Å². The number of rotatable bonds is 4. The van der Waals surface area contributed by atoms with Crippen LogP contribution in [0.4, 0.5) is 5.82 Å². The Morgan fingerprint density at radius 1 is 1.44 bits per heavy atom. The summed E-state index contributed by atoms with van der Waals surface area (Å²) in [6, 6.07) is 0.370. The highest BCUT2D eigenvalue weighted by atomic mass is 35.5. The van der Waals surface area contributed by atoms with E-state index in [2.05, 4.69) is 41.2 Å². The van der Waals surface area contributed by atoms with E-state index in [1.807, 2.05) is 6.92 Å². The lowest BCUT2D eigenvalue weighted by molar-refractivity contribution is 0.508. The van der Waals surface area contributed by atoms with Crippen LogP contribution in [0.2, 0.25) is 5.15 Å². The molecule has 2 heterocycles. The quantitative estimate of drug-likeness (QED) is 0.866. The molecule has 1 unspecified atom stereocenters. The van der Waals surface area contributed by atoms with Crippen molar-refractivity contribution in [1.82, 2.24) is 19.6 Å². The molecule has 0 spiro atoms. The van der Waals surface area contributed by atoms with E-state index in [1.165, 1.54) is 6.33 Å². The first-order valence-corrected chi connectivity index (χ1v) is 6.54. The van der Waals surface area contributed by atoms with Crippen molar-refractivity contribution >= 4 is 23.2 Å². The summed E-state index contributed by atoms with van der Waals surface area (Å²) in [6.07, 6.45) is 2.52. The molecule has 0 aliphatic carbocycles. The van der Waals surface area contributed by atoms with E-state index in [0.29, 0.717) is 22.9 Å². The number of aromatic nitrogens is 4. The second kappa shape index (κ2) is 5.10. The number of fused-ring (bicyclic) bond motifs is 1. The van der Waals surface area contributed by atoms with Gasteiger partial charge >= 0.3 is 0 Å². The van der Waals surface area contributed by atoms with Gasteiger partial charge in [0.05, 0.1) is 0 Å². The van der Waals surface area contributed by atoms with Gasteiger partial charge in [-0.3, -0.25) is 0 Å². The van der Waals surface area contributed by atoms with Gasteiger partial charge in [-0.2, -0.15) is 19.6 Å². The fourth-order valence-corrected chi connectivity index (χ4v) is 2.15. The number of nitrogens with one attached hydrogen (secondary N) is 1. The zero-order valence-electron chi connectivity index (χ0n) is 11.1. The molecule has 2 rings (SSSR count). The van der Waals surface area contributed by atoms with E-state index in [1.54, 1.807) is 4.52 Å². The summed E-state index contributed by atoms with van der Waals surface area (Å²) in [4.78, 5) is 8.26. The minimum Gasteiger partial charge on any atom is -0.367 e. The molecule has 2 aromatic rings. The number of anilines is 1. The minimum atomic E-state index is 0.370. The molecule has 1 atom stereocenters. The van der Waals surface area contributed by atoms with Crippen molar-refractivity contribution in [2.24, 2.45) is 5.92 Å². The Labute approximate surface area is 112 Å². The molecular weight excluding hydrogens is 250 g/mol. The number of hydrogen-bond acceptors (Lipinski definition) is 4. The number of nitrogens with zero attached hydrogens (tertiary/aromatic N) is 4. The molecule has 0 amide bonds. The normalized spacial score (nSPS) is 13.2. The van der Waals surface area contributed by atoms with Crippen molar-refractivity contribution in [3.05, 3.63) is 17.0 Å². The molecule has 0 aromatic carbocycles. The Morgan fingerprint density at radius 2 is 2.17 bits per heavy atom. The molecule has 98 valence electrons. The van der Waals surface area contributed by atoms with Crippen molar-refractivity contribution in [2.45, 2.75) is 40.2 Å². The predicted molar refractivity (Wildman–Crippen MR) is 73.1 cm³/mol. The fraction of sp³-hybridized carbons (Fsp3) is 0.583. The van der Waals surface area contributed by atoms with Crippen molar-refractivity contribution in [1.29, 1.82) is 0 Å². The molecule has 5 nitrogen and oxygen atoms in total. The van der Waals surface area contributed by atoms with E-state index in [-0.39, 0.29) is 0 Å². The zero-order chi connectivity index (χ0) is 13.3. The summed E-state index contributed by atoms with van der Waals surface area (Å²) in [6.45, 7) is 8.48. The highest BCUT2D eigenvalue weighted by molar-refractivity contribution is 6.30. The second-order valence-corrected chi connectivity index (χ2v) is 5.11. The molecule has 0 bridgehead atoms. The fourth-order valence-electron chi connectivity index (χ4n) is 1.98. The Morgan fingerprint density at radius 3 is 2.78 bits per heavy atom. The summed E-state index contributed by atoms with van der Waals surface area (Å²) >= 11 is 6.12. The largest absolute Gasteiger partial charge is 0.367 e. The first-order chi connectivity index (χ1) is 8.54. The van der Waals surface area contributed by atoms with Crippen molar-refractivity contribution in [3.63, 3.8) is 0 Å². The van der Waals surface area contributed by atoms with Gasteiger partial charge in [0.1, 0.15) is 17.3 Å². The summed E-state index contributed by atoms with van der Waals surface area (Å²) in [5.74, 6) is 1.93. The van der Waals surface area contributed by atoms with Crippen LogP contribution in [0.25, 0.3) is 5.78 Å². The highest BCUT2D eigenvalue weighted by Gasteiger charge is 2.17. The van der Waals surface area contributed by atoms with E-state index in [0.717, 1.165) is 17.8 Å². The van der Waals surface area contributed by atoms with Crippen molar-refractivity contribution in [2.75, 3.05) is 5.32 Å². The first kappa shape index (κ1) is 13.1. The monoisotopic (exact) mass is 267 g/mol. The van der Waals surface area contributed by atoms with E-state index >= 15 is 0 Å². The van der Waals surface area contributed by atoms with Crippen LogP contribution in [0.5, 0.6) is 0 Å². The number of hydrogen-bond donors (Lipinski definition) is 1. The third-order valence-corrected chi connectivity index (χ3v) is 3.54. The summed E-state index contributed by atoms with van der Waals surface area (Å²) in [7, 11) is 0. The Balaban J connectivity index is 2.48. The topological polar surface area (TPSA) is 55.1 Å². The SMILES string of the molecule is CCC(Nc1c(C)c(Cl)nc2ncnn12)C(C)C. The lowest BCUT2D eigenvalue weighted by atomic mass is 10.0. The van der Waals surface area contributed by atoms with Gasteiger partial charge in [-0.15, -0.1) is 0 Å². The van der Waals surface area contributed by atoms with Crippen LogP contribution in [-0.4, -0.2) is 25.6 Å². The number of halogens is 1. The molecule has 0 fully saturated rings. The predicted octanol–water partition coefficient (Wildman–Crippen LogP) is 2.93. The van der Waals surface area contributed by atoms with Crippen LogP contribution in [0, 0.1) is 12.8 Å². The minimum absolute atomic E-state index is 0.370. The van der Waals surface area contributed by atoms with Crippen molar-refractivity contribution < 1.29 is 0 Å². The average molecular weight is 268 g/mol. The molecule has 0 saturated carbocycles. The third-order valence-electron chi connectivity index (χ3n) is 3.17. The Hall–Kier alpha value is -1.36. The van der Waals surface area contributed by atoms with Gasteiger partial charge in [0.15, 0.2) is 0 Å². The second-order valence-electron chi connectivity index (χ2n) is 4.75. The maximum atomic E-state index is 6.12. The molecule has 6 heteroatoms. The molecule has 0 aliphatic heterocycles. The lowest BCUT2D eigenvalue weighted by Crippen LogP contribution is -2.26. The molecule has 18 heavy (non-hydrogen) atoms. The molecule has 1 N–H and O–H groups in total. The van der Waals surface area contributed by atoms with Crippen LogP contribution < -0.4 is 5.32 Å². The van der Waals surface area contributed by atoms with Gasteiger partial charge in [-0.25, -0.2) is 0 Å². The molecule has 2 aromatic heterocycles. The van der Waals surface area contributed by atoms with Gasteiger partial charge in [0.25, 0.3) is 5.78 Å². The van der Waals surface area contributed by atoms with Gasteiger partial charge in [0.2, 0.25) is 0 Å². The Bertz CT molecular complexity index is 549. The standard InChI is InChI=1S/C12H18ClN5/c1-5-9(7(2)3)16-11-8(4)10(13)17-12-14-6-15-18(11)12/h6-7,9,16H,5H2,1-4H3. The van der Waals surface area contributed by atoms with Crippen LogP contribution in [-0.2, 0) is 0 Å². The van der Waals surface area contributed by atoms with Gasteiger partial charge in [-0.05, 0) is 19.3 Å². The van der Waals surface area contributed by atoms with E-state index < -0.39 is 0 Å². The van der Waals surface area contributed by atoms with Gasteiger partial charge in [0, 0.05) is 11.6 Å². The van der Waals surface area contributed by atoms with E-state index in [4.69, 9.17) is 11.6 Å². The lowest BCUT2D eigenvalue weighted by Gasteiger charge is -2.23. The highest BCUT2D eigenvalue weighted by Crippen LogP contribution is 2.24. The Kier molecular flexibility index (Phi) is 3.71. The average Bonchev–Trinajstić information content (AvgIpc) is 2.77. The van der Waals surface area contributed by atoms with Crippen LogP contribution in [0.15, 0.2) is 6.33 Å². The summed E-state index contributed by atoms with van der Waals surface area (Å²) in [5, 5.41) is 8.16. The van der Waals surface area contributed by atoms with Gasteiger partial charge < -0.3 is 5.32 Å². The molecule has 0 radical (unpaired) electrons. The van der Waals surface area contributed by atoms with Crippen molar-refractivity contribution in [3.8, 4) is 0 Å². The van der Waals surface area contributed by atoms with Gasteiger partial charge in [-0.1, -0.05) is 32.4 Å². The van der Waals surface area contributed by atoms with Crippen LogP contribution >= 0.6 is 11.6 Å². The van der Waals surface area contributed by atoms with Crippen LogP contribution in [0.3, 0.4) is 0 Å². The molecule has 0 saturated heterocycles. The first-order valence-electron chi connectivity index (χ1n) is 6.17. The summed E-state index contributed by atoms with van der Waals surface area (Å²) in [5.41, 5.74) is 0.897. The zero-order valence-corrected chi connectivity index (χ0v) is 11.9.